The minimum absolute atomic E-state index is 0.183. The second-order valence-electron chi connectivity index (χ2n) is 6.91. The molecule has 0 atom stereocenters. The molecular weight excluding hydrogens is 470 g/mol. The van der Waals surface area contributed by atoms with Crippen molar-refractivity contribution in [3.8, 4) is 11.5 Å². The smallest absolute Gasteiger partial charge is 0.363 e. The number of hydrogen-bond acceptors (Lipinski definition) is 5. The number of halogens is 1. The third kappa shape index (κ3) is 5.34. The average molecular weight is 490 g/mol. The highest BCUT2D eigenvalue weighted by molar-refractivity contribution is 9.10. The second kappa shape index (κ2) is 10.1. The number of nitrogens with zero attached hydrogens (tertiary/aromatic N) is 1. The standard InChI is InChI=1S/C26H20BrNO4/c1-30-23-16-21(27)14-20(25(23)31-17-19-10-6-3-7-11-19)15-22-26(29)32-24(28-22)13-12-18-8-4-2-5-9-18/h2-16H,17H2,1H3/b13-12+,22-15+. The topological polar surface area (TPSA) is 57.1 Å². The van der Waals surface area contributed by atoms with E-state index < -0.39 is 5.97 Å². The summed E-state index contributed by atoms with van der Waals surface area (Å²) in [4.78, 5) is 16.7. The fraction of sp³-hybridized carbons (Fsp3) is 0.0769. The third-order valence-electron chi connectivity index (χ3n) is 4.64. The van der Waals surface area contributed by atoms with Gasteiger partial charge in [0.15, 0.2) is 17.2 Å². The molecule has 0 amide bonds. The molecule has 1 heterocycles. The van der Waals surface area contributed by atoms with Crippen molar-refractivity contribution < 1.29 is 19.0 Å². The van der Waals surface area contributed by atoms with Crippen LogP contribution < -0.4 is 9.47 Å². The summed E-state index contributed by atoms with van der Waals surface area (Å²) in [5.74, 6) is 0.773. The molecule has 3 aromatic carbocycles. The predicted octanol–water partition coefficient (Wildman–Crippen LogP) is 6.05. The van der Waals surface area contributed by atoms with Gasteiger partial charge in [-0.2, -0.15) is 0 Å². The Hall–Kier alpha value is -3.64. The van der Waals surface area contributed by atoms with E-state index in [-0.39, 0.29) is 11.6 Å². The fourth-order valence-corrected chi connectivity index (χ4v) is 3.56. The van der Waals surface area contributed by atoms with Crippen molar-refractivity contribution in [2.24, 2.45) is 4.99 Å². The van der Waals surface area contributed by atoms with Gasteiger partial charge in [0.2, 0.25) is 5.90 Å². The van der Waals surface area contributed by atoms with E-state index in [1.807, 2.05) is 78.9 Å². The first-order valence-corrected chi connectivity index (χ1v) is 10.7. The first-order valence-electron chi connectivity index (χ1n) is 9.92. The Balaban J connectivity index is 1.63. The third-order valence-corrected chi connectivity index (χ3v) is 5.10. The van der Waals surface area contributed by atoms with Gasteiger partial charge in [-0.15, -0.1) is 0 Å². The van der Waals surface area contributed by atoms with Crippen molar-refractivity contribution in [2.75, 3.05) is 7.11 Å². The van der Waals surface area contributed by atoms with Crippen molar-refractivity contribution in [3.63, 3.8) is 0 Å². The van der Waals surface area contributed by atoms with Crippen LogP contribution in [0.25, 0.3) is 12.2 Å². The lowest BCUT2D eigenvalue weighted by Gasteiger charge is -2.14. The fourth-order valence-electron chi connectivity index (χ4n) is 3.11. The molecule has 0 unspecified atom stereocenters. The molecule has 3 aromatic rings. The van der Waals surface area contributed by atoms with Gasteiger partial charge in [0.1, 0.15) is 6.61 Å². The zero-order valence-electron chi connectivity index (χ0n) is 17.3. The number of hydrogen-bond donors (Lipinski definition) is 0. The van der Waals surface area contributed by atoms with Crippen LogP contribution >= 0.6 is 15.9 Å². The lowest BCUT2D eigenvalue weighted by molar-refractivity contribution is -0.129. The molecule has 0 aliphatic carbocycles. The summed E-state index contributed by atoms with van der Waals surface area (Å²) in [6, 6.07) is 23.2. The van der Waals surface area contributed by atoms with Crippen LogP contribution in [0.2, 0.25) is 0 Å². The van der Waals surface area contributed by atoms with E-state index in [4.69, 9.17) is 14.2 Å². The zero-order valence-corrected chi connectivity index (χ0v) is 18.9. The number of cyclic esters (lactones) is 1. The van der Waals surface area contributed by atoms with Gasteiger partial charge in [0, 0.05) is 16.1 Å². The molecule has 0 saturated heterocycles. The number of esters is 1. The summed E-state index contributed by atoms with van der Waals surface area (Å²) >= 11 is 3.48. The maximum absolute atomic E-state index is 12.4. The zero-order chi connectivity index (χ0) is 22.3. The molecule has 0 N–H and O–H groups in total. The van der Waals surface area contributed by atoms with Crippen LogP contribution in [0.5, 0.6) is 11.5 Å². The second-order valence-corrected chi connectivity index (χ2v) is 7.83. The van der Waals surface area contributed by atoms with Crippen LogP contribution in [0, 0.1) is 0 Å². The molecule has 160 valence electrons. The average Bonchev–Trinajstić information content (AvgIpc) is 3.17. The number of aliphatic imine (C=N–C) groups is 1. The lowest BCUT2D eigenvalue weighted by Crippen LogP contribution is -2.02. The molecule has 32 heavy (non-hydrogen) atoms. The lowest BCUT2D eigenvalue weighted by atomic mass is 10.1. The van der Waals surface area contributed by atoms with E-state index in [0.717, 1.165) is 15.6 Å². The maximum Gasteiger partial charge on any atom is 0.363 e. The molecule has 0 spiro atoms. The van der Waals surface area contributed by atoms with E-state index in [9.17, 15) is 4.79 Å². The highest BCUT2D eigenvalue weighted by Gasteiger charge is 2.23. The SMILES string of the molecule is COc1cc(Br)cc(/C=C2N=C(/C=C/c3ccccc3)OC/2=O)c1OCc1ccccc1. The molecule has 0 bridgehead atoms. The van der Waals surface area contributed by atoms with Gasteiger partial charge in [0.25, 0.3) is 0 Å². The van der Waals surface area contributed by atoms with Crippen LogP contribution in [-0.4, -0.2) is 19.0 Å². The van der Waals surface area contributed by atoms with Crippen molar-refractivity contribution in [3.05, 3.63) is 106 Å². The monoisotopic (exact) mass is 489 g/mol. The number of carbonyl (C=O) groups excluding carboxylic acids is 1. The van der Waals surface area contributed by atoms with E-state index in [1.165, 1.54) is 0 Å². The quantitative estimate of drug-likeness (QED) is 0.299. The molecule has 0 fully saturated rings. The van der Waals surface area contributed by atoms with Crippen LogP contribution in [-0.2, 0) is 16.1 Å². The molecular formula is C26H20BrNO4. The minimum Gasteiger partial charge on any atom is -0.493 e. The van der Waals surface area contributed by atoms with Crippen molar-refractivity contribution >= 4 is 39.9 Å². The van der Waals surface area contributed by atoms with Crippen molar-refractivity contribution in [2.45, 2.75) is 6.61 Å². The van der Waals surface area contributed by atoms with Gasteiger partial charge >= 0.3 is 5.97 Å². The van der Waals surface area contributed by atoms with Gasteiger partial charge in [-0.05, 0) is 35.4 Å². The molecule has 4 rings (SSSR count). The Bertz CT molecular complexity index is 1200. The van der Waals surface area contributed by atoms with Crippen LogP contribution in [0.4, 0.5) is 0 Å². The summed E-state index contributed by atoms with van der Waals surface area (Å²) in [7, 11) is 1.57. The summed E-state index contributed by atoms with van der Waals surface area (Å²) in [5.41, 5.74) is 2.83. The van der Waals surface area contributed by atoms with Crippen molar-refractivity contribution in [1.29, 1.82) is 0 Å². The van der Waals surface area contributed by atoms with E-state index in [1.54, 1.807) is 19.3 Å². The summed E-state index contributed by atoms with van der Waals surface area (Å²) < 4.78 is 17.7. The molecule has 0 aromatic heterocycles. The Morgan fingerprint density at radius 2 is 1.72 bits per heavy atom. The van der Waals surface area contributed by atoms with Gasteiger partial charge in [0.05, 0.1) is 7.11 Å². The summed E-state index contributed by atoms with van der Waals surface area (Å²) in [6.45, 7) is 0.355. The largest absolute Gasteiger partial charge is 0.493 e. The van der Waals surface area contributed by atoms with Crippen LogP contribution in [0.15, 0.2) is 94.0 Å². The van der Waals surface area contributed by atoms with Gasteiger partial charge in [-0.3, -0.25) is 0 Å². The van der Waals surface area contributed by atoms with Crippen LogP contribution in [0.1, 0.15) is 16.7 Å². The first kappa shape index (κ1) is 21.6. The van der Waals surface area contributed by atoms with Crippen molar-refractivity contribution in [1.82, 2.24) is 0 Å². The number of rotatable bonds is 7. The highest BCUT2D eigenvalue weighted by Crippen LogP contribution is 2.37. The minimum atomic E-state index is -0.523. The molecule has 1 aliphatic rings. The highest BCUT2D eigenvalue weighted by atomic mass is 79.9. The summed E-state index contributed by atoms with van der Waals surface area (Å²) in [6.07, 6.45) is 5.15. The number of ether oxygens (including phenoxy) is 3. The molecule has 0 radical (unpaired) electrons. The van der Waals surface area contributed by atoms with E-state index in [2.05, 4.69) is 20.9 Å². The Labute approximate surface area is 194 Å². The Morgan fingerprint density at radius 3 is 2.44 bits per heavy atom. The van der Waals surface area contributed by atoms with Gasteiger partial charge < -0.3 is 14.2 Å². The Kier molecular flexibility index (Phi) is 6.82. The van der Waals surface area contributed by atoms with Gasteiger partial charge in [-0.1, -0.05) is 76.6 Å². The predicted molar refractivity (Wildman–Crippen MR) is 128 cm³/mol. The number of benzene rings is 3. The number of carbonyl (C=O) groups is 1. The number of methoxy groups -OCH3 is 1. The Morgan fingerprint density at radius 1 is 1.00 bits per heavy atom. The molecule has 1 aliphatic heterocycles. The summed E-state index contributed by atoms with van der Waals surface area (Å²) in [5, 5.41) is 0. The van der Waals surface area contributed by atoms with Gasteiger partial charge in [-0.25, -0.2) is 9.79 Å². The first-order chi connectivity index (χ1) is 15.6. The molecule has 0 saturated carbocycles. The molecule has 6 heteroatoms. The molecule has 5 nitrogen and oxygen atoms in total. The van der Waals surface area contributed by atoms with E-state index >= 15 is 0 Å². The van der Waals surface area contributed by atoms with E-state index in [0.29, 0.717) is 23.7 Å². The normalized spacial score (nSPS) is 14.5. The maximum atomic E-state index is 12.4. The van der Waals surface area contributed by atoms with Crippen LogP contribution in [0.3, 0.4) is 0 Å².